The molecule has 25 heavy (non-hydrogen) atoms. The summed E-state index contributed by atoms with van der Waals surface area (Å²) in [4.78, 5) is 30.5. The van der Waals surface area contributed by atoms with Gasteiger partial charge in [-0.05, 0) is 31.0 Å². The van der Waals surface area contributed by atoms with Crippen LogP contribution in [0.2, 0.25) is 0 Å². The van der Waals surface area contributed by atoms with E-state index < -0.39 is 0 Å². The first-order valence-electron chi connectivity index (χ1n) is 8.59. The predicted octanol–water partition coefficient (Wildman–Crippen LogP) is 3.67. The summed E-state index contributed by atoms with van der Waals surface area (Å²) >= 11 is 1.39. The minimum atomic E-state index is -0.188. The van der Waals surface area contributed by atoms with Crippen molar-refractivity contribution in [3.05, 3.63) is 18.2 Å². The first-order chi connectivity index (χ1) is 12.1. The molecule has 0 aliphatic heterocycles. The Morgan fingerprint density at radius 3 is 2.56 bits per heavy atom. The Labute approximate surface area is 152 Å². The van der Waals surface area contributed by atoms with Crippen LogP contribution in [0.25, 0.3) is 10.2 Å². The molecule has 0 saturated carbocycles. The lowest BCUT2D eigenvalue weighted by Crippen LogP contribution is -2.33. The summed E-state index contributed by atoms with van der Waals surface area (Å²) < 4.78 is 6.14. The number of methoxy groups -OCH3 is 1. The average Bonchev–Trinajstić information content (AvgIpc) is 3.00. The molecule has 0 radical (unpaired) electrons. The fourth-order valence-electron chi connectivity index (χ4n) is 2.55. The molecule has 1 aromatic carbocycles. The van der Waals surface area contributed by atoms with Gasteiger partial charge in [0.05, 0.1) is 17.3 Å². The summed E-state index contributed by atoms with van der Waals surface area (Å²) in [6, 6.07) is 5.58. The highest BCUT2D eigenvalue weighted by molar-refractivity contribution is 7.22. The number of nitrogens with one attached hydrogen (secondary N) is 1. The maximum Gasteiger partial charge on any atom is 0.226 e. The SMILES string of the molecule is CCCN(CCC)C(=O)CCC(=O)Nc1nc2ccc(OC)cc2s1. The van der Waals surface area contributed by atoms with Crippen LogP contribution >= 0.6 is 11.3 Å². The van der Waals surface area contributed by atoms with Crippen molar-refractivity contribution in [2.75, 3.05) is 25.5 Å². The smallest absolute Gasteiger partial charge is 0.226 e. The van der Waals surface area contributed by atoms with Gasteiger partial charge < -0.3 is 15.0 Å². The van der Waals surface area contributed by atoms with Crippen LogP contribution in [0.5, 0.6) is 5.75 Å². The molecule has 2 aromatic rings. The van der Waals surface area contributed by atoms with E-state index >= 15 is 0 Å². The minimum absolute atomic E-state index is 0.0351. The van der Waals surface area contributed by atoms with Crippen molar-refractivity contribution in [3.8, 4) is 5.75 Å². The summed E-state index contributed by atoms with van der Waals surface area (Å²) in [6.07, 6.45) is 2.24. The van der Waals surface area contributed by atoms with Crippen molar-refractivity contribution in [3.63, 3.8) is 0 Å². The highest BCUT2D eigenvalue weighted by Gasteiger charge is 2.15. The number of hydrogen-bond acceptors (Lipinski definition) is 5. The van der Waals surface area contributed by atoms with Gasteiger partial charge in [0.1, 0.15) is 5.75 Å². The third-order valence-electron chi connectivity index (χ3n) is 3.75. The van der Waals surface area contributed by atoms with Crippen LogP contribution in [0.15, 0.2) is 18.2 Å². The van der Waals surface area contributed by atoms with Gasteiger partial charge in [0.25, 0.3) is 0 Å². The number of hydrogen-bond donors (Lipinski definition) is 1. The zero-order chi connectivity index (χ0) is 18.2. The molecule has 1 aromatic heterocycles. The third-order valence-corrected chi connectivity index (χ3v) is 4.68. The second-order valence-corrected chi connectivity index (χ2v) is 6.81. The zero-order valence-corrected chi connectivity index (χ0v) is 15.8. The van der Waals surface area contributed by atoms with Crippen LogP contribution in [-0.4, -0.2) is 41.9 Å². The number of carbonyl (C=O) groups is 2. The molecule has 0 spiro atoms. The average molecular weight is 363 g/mol. The van der Waals surface area contributed by atoms with Crippen molar-refractivity contribution in [2.24, 2.45) is 0 Å². The number of carbonyl (C=O) groups excluding carboxylic acids is 2. The molecule has 6 nitrogen and oxygen atoms in total. The van der Waals surface area contributed by atoms with Gasteiger partial charge in [0, 0.05) is 25.9 Å². The van der Waals surface area contributed by atoms with Crippen molar-refractivity contribution in [2.45, 2.75) is 39.5 Å². The van der Waals surface area contributed by atoms with Gasteiger partial charge in [-0.25, -0.2) is 4.98 Å². The van der Waals surface area contributed by atoms with E-state index in [4.69, 9.17) is 4.74 Å². The number of anilines is 1. The predicted molar refractivity (Wildman–Crippen MR) is 101 cm³/mol. The number of benzene rings is 1. The molecule has 0 atom stereocenters. The van der Waals surface area contributed by atoms with Crippen LogP contribution in [0, 0.1) is 0 Å². The van der Waals surface area contributed by atoms with Crippen molar-refractivity contribution in [1.82, 2.24) is 9.88 Å². The molecular formula is C18H25N3O3S. The standard InChI is InChI=1S/C18H25N3O3S/c1-4-10-21(11-5-2)17(23)9-8-16(22)20-18-19-14-7-6-13(24-3)12-15(14)25-18/h6-7,12H,4-5,8-11H2,1-3H3,(H,19,20,22). The lowest BCUT2D eigenvalue weighted by molar-refractivity contribution is -0.132. The molecule has 1 heterocycles. The van der Waals surface area contributed by atoms with Crippen LogP contribution in [0.4, 0.5) is 5.13 Å². The summed E-state index contributed by atoms with van der Waals surface area (Å²) in [5, 5.41) is 3.33. The molecule has 0 bridgehead atoms. The second kappa shape index (κ2) is 9.36. The number of aromatic nitrogens is 1. The van der Waals surface area contributed by atoms with E-state index in [2.05, 4.69) is 10.3 Å². The first-order valence-corrected chi connectivity index (χ1v) is 9.41. The number of thiazole rings is 1. The summed E-state index contributed by atoms with van der Waals surface area (Å²) in [7, 11) is 1.61. The molecule has 1 N–H and O–H groups in total. The van der Waals surface area contributed by atoms with E-state index in [0.29, 0.717) is 5.13 Å². The van der Waals surface area contributed by atoms with E-state index in [0.717, 1.165) is 41.9 Å². The van der Waals surface area contributed by atoms with Crippen LogP contribution in [-0.2, 0) is 9.59 Å². The summed E-state index contributed by atoms with van der Waals surface area (Å²) in [5.74, 6) is 0.603. The molecule has 0 aliphatic carbocycles. The lowest BCUT2D eigenvalue weighted by Gasteiger charge is -2.21. The Balaban J connectivity index is 1.90. The normalized spacial score (nSPS) is 10.7. The largest absolute Gasteiger partial charge is 0.497 e. The second-order valence-electron chi connectivity index (χ2n) is 5.78. The molecule has 2 rings (SSSR count). The van der Waals surface area contributed by atoms with Gasteiger partial charge in [-0.1, -0.05) is 25.2 Å². The Morgan fingerprint density at radius 1 is 1.20 bits per heavy atom. The number of rotatable bonds is 9. The van der Waals surface area contributed by atoms with E-state index in [1.807, 2.05) is 36.9 Å². The molecule has 7 heteroatoms. The summed E-state index contributed by atoms with van der Waals surface area (Å²) in [6.45, 7) is 5.58. The lowest BCUT2D eigenvalue weighted by atomic mass is 10.2. The van der Waals surface area contributed by atoms with Gasteiger partial charge in [0.15, 0.2) is 5.13 Å². The quantitative estimate of drug-likeness (QED) is 0.738. The maximum absolute atomic E-state index is 12.2. The van der Waals surface area contributed by atoms with Crippen LogP contribution in [0.1, 0.15) is 39.5 Å². The van der Waals surface area contributed by atoms with Crippen LogP contribution < -0.4 is 10.1 Å². The zero-order valence-electron chi connectivity index (χ0n) is 15.0. The van der Waals surface area contributed by atoms with Gasteiger partial charge in [-0.3, -0.25) is 9.59 Å². The number of fused-ring (bicyclic) bond motifs is 1. The van der Waals surface area contributed by atoms with Crippen molar-refractivity contribution >= 4 is 38.5 Å². The van der Waals surface area contributed by atoms with Crippen LogP contribution in [0.3, 0.4) is 0 Å². The Morgan fingerprint density at radius 2 is 1.92 bits per heavy atom. The van der Waals surface area contributed by atoms with Gasteiger partial charge >= 0.3 is 0 Å². The topological polar surface area (TPSA) is 71.5 Å². The number of nitrogens with zero attached hydrogens (tertiary/aromatic N) is 2. The molecule has 0 unspecified atom stereocenters. The summed E-state index contributed by atoms with van der Waals surface area (Å²) in [5.41, 5.74) is 0.814. The minimum Gasteiger partial charge on any atom is -0.497 e. The van der Waals surface area contributed by atoms with Crippen molar-refractivity contribution < 1.29 is 14.3 Å². The number of amides is 2. The molecule has 0 aliphatic rings. The molecule has 2 amide bonds. The third kappa shape index (κ3) is 5.42. The maximum atomic E-state index is 12.2. The highest BCUT2D eigenvalue weighted by atomic mass is 32.1. The van der Waals surface area contributed by atoms with Gasteiger partial charge in [0.2, 0.25) is 11.8 Å². The van der Waals surface area contributed by atoms with E-state index in [9.17, 15) is 9.59 Å². The monoisotopic (exact) mass is 363 g/mol. The van der Waals surface area contributed by atoms with E-state index in [1.54, 1.807) is 7.11 Å². The Hall–Kier alpha value is -2.15. The molecule has 0 saturated heterocycles. The fourth-order valence-corrected chi connectivity index (χ4v) is 3.46. The molecular weight excluding hydrogens is 338 g/mol. The first kappa shape index (κ1) is 19.2. The molecule has 0 fully saturated rings. The fraction of sp³-hybridized carbons (Fsp3) is 0.500. The Kier molecular flexibility index (Phi) is 7.18. The van der Waals surface area contributed by atoms with Gasteiger partial charge in [-0.2, -0.15) is 0 Å². The molecule has 136 valence electrons. The van der Waals surface area contributed by atoms with E-state index in [-0.39, 0.29) is 24.7 Å². The Bertz CT molecular complexity index is 723. The van der Waals surface area contributed by atoms with E-state index in [1.165, 1.54) is 11.3 Å². The van der Waals surface area contributed by atoms with Gasteiger partial charge in [-0.15, -0.1) is 0 Å². The van der Waals surface area contributed by atoms with Crippen molar-refractivity contribution in [1.29, 1.82) is 0 Å². The highest BCUT2D eigenvalue weighted by Crippen LogP contribution is 2.29. The number of ether oxygens (including phenoxy) is 1.